The number of aliphatic imine (C=N–C) groups is 1. The lowest BCUT2D eigenvalue weighted by Crippen LogP contribution is -2.07. The molecule has 4 rings (SSSR count). The summed E-state index contributed by atoms with van der Waals surface area (Å²) in [5.74, 6) is 1.09. The van der Waals surface area contributed by atoms with Gasteiger partial charge in [0, 0.05) is 37.1 Å². The van der Waals surface area contributed by atoms with Gasteiger partial charge in [0.1, 0.15) is 5.52 Å². The summed E-state index contributed by atoms with van der Waals surface area (Å²) in [7, 11) is 4.01. The molecule has 0 aliphatic heterocycles. The quantitative estimate of drug-likeness (QED) is 0.437. The predicted octanol–water partition coefficient (Wildman–Crippen LogP) is 5.42. The standard InChI is InChI=1S/C24H23N3O3/c1-4-29-22-7-5-6-17(23(22)28)15-25-18-10-13-21-20(14-18)26-24(30-21)16-8-11-19(12-9-16)27(2)3/h5-15,28H,4H2,1-3H3. The molecule has 0 bridgehead atoms. The normalized spacial score (nSPS) is 11.3. The third kappa shape index (κ3) is 3.98. The van der Waals surface area contributed by atoms with Gasteiger partial charge in [-0.25, -0.2) is 4.98 Å². The molecule has 30 heavy (non-hydrogen) atoms. The number of rotatable bonds is 6. The van der Waals surface area contributed by atoms with Gasteiger partial charge in [-0.15, -0.1) is 0 Å². The summed E-state index contributed by atoms with van der Waals surface area (Å²) in [6, 6.07) is 18.9. The fourth-order valence-corrected chi connectivity index (χ4v) is 3.08. The van der Waals surface area contributed by atoms with Crippen molar-refractivity contribution in [3.05, 3.63) is 66.2 Å². The van der Waals surface area contributed by atoms with Crippen LogP contribution in [0.25, 0.3) is 22.6 Å². The Labute approximate surface area is 175 Å². The number of phenols is 1. The van der Waals surface area contributed by atoms with Crippen molar-refractivity contribution in [3.63, 3.8) is 0 Å². The molecule has 0 fully saturated rings. The van der Waals surface area contributed by atoms with Crippen LogP contribution in [-0.4, -0.2) is 37.0 Å². The number of hydrogen-bond donors (Lipinski definition) is 1. The monoisotopic (exact) mass is 401 g/mol. The Kier molecular flexibility index (Phi) is 5.39. The third-order valence-electron chi connectivity index (χ3n) is 4.68. The molecule has 0 aliphatic rings. The van der Waals surface area contributed by atoms with E-state index in [4.69, 9.17) is 9.15 Å². The first-order chi connectivity index (χ1) is 14.5. The van der Waals surface area contributed by atoms with E-state index in [1.807, 2.05) is 74.4 Å². The molecule has 4 aromatic rings. The first-order valence-corrected chi connectivity index (χ1v) is 9.72. The highest BCUT2D eigenvalue weighted by molar-refractivity contribution is 5.88. The third-order valence-corrected chi connectivity index (χ3v) is 4.68. The van der Waals surface area contributed by atoms with E-state index in [2.05, 4.69) is 9.98 Å². The first-order valence-electron chi connectivity index (χ1n) is 9.72. The van der Waals surface area contributed by atoms with E-state index in [1.165, 1.54) is 0 Å². The second kappa shape index (κ2) is 8.29. The Morgan fingerprint density at radius 1 is 1.10 bits per heavy atom. The van der Waals surface area contributed by atoms with E-state index < -0.39 is 0 Å². The van der Waals surface area contributed by atoms with Crippen LogP contribution in [0, 0.1) is 0 Å². The number of nitrogens with zero attached hydrogens (tertiary/aromatic N) is 3. The molecule has 0 atom stereocenters. The van der Waals surface area contributed by atoms with Crippen molar-refractivity contribution in [2.45, 2.75) is 6.92 Å². The molecule has 0 spiro atoms. The van der Waals surface area contributed by atoms with E-state index in [-0.39, 0.29) is 5.75 Å². The number of hydrogen-bond acceptors (Lipinski definition) is 6. The summed E-state index contributed by atoms with van der Waals surface area (Å²) in [4.78, 5) is 11.1. The van der Waals surface area contributed by atoms with Gasteiger partial charge < -0.3 is 19.2 Å². The van der Waals surface area contributed by atoms with Gasteiger partial charge in [-0.1, -0.05) is 6.07 Å². The van der Waals surface area contributed by atoms with Crippen LogP contribution in [0.4, 0.5) is 11.4 Å². The molecule has 6 nitrogen and oxygen atoms in total. The molecule has 0 aliphatic carbocycles. The van der Waals surface area contributed by atoms with Crippen molar-refractivity contribution in [1.82, 2.24) is 4.98 Å². The van der Waals surface area contributed by atoms with Gasteiger partial charge in [0.25, 0.3) is 0 Å². The SMILES string of the molecule is CCOc1cccc(C=Nc2ccc3oc(-c4ccc(N(C)C)cc4)nc3c2)c1O. The van der Waals surface area contributed by atoms with Gasteiger partial charge in [0.15, 0.2) is 17.1 Å². The number of benzene rings is 3. The number of oxazole rings is 1. The number of anilines is 1. The maximum absolute atomic E-state index is 10.3. The molecule has 0 radical (unpaired) electrons. The van der Waals surface area contributed by atoms with Crippen LogP contribution < -0.4 is 9.64 Å². The summed E-state index contributed by atoms with van der Waals surface area (Å²) in [5, 5.41) is 10.3. The summed E-state index contributed by atoms with van der Waals surface area (Å²) in [5.41, 5.74) is 4.75. The Balaban J connectivity index is 1.60. The second-order valence-corrected chi connectivity index (χ2v) is 7.00. The van der Waals surface area contributed by atoms with E-state index in [0.29, 0.717) is 35.1 Å². The average Bonchev–Trinajstić information content (AvgIpc) is 3.18. The predicted molar refractivity (Wildman–Crippen MR) is 120 cm³/mol. The molecule has 1 heterocycles. The minimum absolute atomic E-state index is 0.0778. The molecular weight excluding hydrogens is 378 g/mol. The molecule has 0 saturated heterocycles. The number of aromatic hydroxyl groups is 1. The fourth-order valence-electron chi connectivity index (χ4n) is 3.08. The van der Waals surface area contributed by atoms with Crippen molar-refractivity contribution in [2.24, 2.45) is 4.99 Å². The zero-order chi connectivity index (χ0) is 21.1. The van der Waals surface area contributed by atoms with Crippen molar-refractivity contribution in [2.75, 3.05) is 25.6 Å². The lowest BCUT2D eigenvalue weighted by molar-refractivity contribution is 0.318. The number of fused-ring (bicyclic) bond motifs is 1. The maximum Gasteiger partial charge on any atom is 0.227 e. The van der Waals surface area contributed by atoms with Gasteiger partial charge in [0.2, 0.25) is 5.89 Å². The maximum atomic E-state index is 10.3. The lowest BCUT2D eigenvalue weighted by atomic mass is 10.2. The van der Waals surface area contributed by atoms with Crippen LogP contribution in [0.5, 0.6) is 11.5 Å². The van der Waals surface area contributed by atoms with E-state index in [1.54, 1.807) is 18.3 Å². The number of ether oxygens (including phenoxy) is 1. The summed E-state index contributed by atoms with van der Waals surface area (Å²) >= 11 is 0. The van der Waals surface area contributed by atoms with Gasteiger partial charge in [0.05, 0.1) is 12.3 Å². The Morgan fingerprint density at radius 2 is 1.90 bits per heavy atom. The number of aromatic nitrogens is 1. The molecule has 1 N–H and O–H groups in total. The molecule has 0 amide bonds. The zero-order valence-corrected chi connectivity index (χ0v) is 17.2. The second-order valence-electron chi connectivity index (χ2n) is 7.00. The van der Waals surface area contributed by atoms with Crippen LogP contribution in [-0.2, 0) is 0 Å². The number of phenolic OH excluding ortho intramolecular Hbond substituents is 1. The van der Waals surface area contributed by atoms with Crippen LogP contribution in [0.1, 0.15) is 12.5 Å². The highest BCUT2D eigenvalue weighted by Gasteiger charge is 2.10. The smallest absolute Gasteiger partial charge is 0.227 e. The van der Waals surface area contributed by atoms with Gasteiger partial charge in [-0.3, -0.25) is 4.99 Å². The Morgan fingerprint density at radius 3 is 2.63 bits per heavy atom. The topological polar surface area (TPSA) is 71.1 Å². The fraction of sp³-hybridized carbons (Fsp3) is 0.167. The van der Waals surface area contributed by atoms with Gasteiger partial charge in [-0.2, -0.15) is 0 Å². The molecule has 6 heteroatoms. The first kappa shape index (κ1) is 19.5. The largest absolute Gasteiger partial charge is 0.504 e. The molecule has 0 saturated carbocycles. The summed E-state index contributed by atoms with van der Waals surface area (Å²) in [6.45, 7) is 2.36. The van der Waals surface area contributed by atoms with E-state index in [9.17, 15) is 5.11 Å². The van der Waals surface area contributed by atoms with E-state index >= 15 is 0 Å². The highest BCUT2D eigenvalue weighted by Crippen LogP contribution is 2.30. The van der Waals surface area contributed by atoms with E-state index in [0.717, 1.165) is 16.8 Å². The van der Waals surface area contributed by atoms with Crippen molar-refractivity contribution >= 4 is 28.7 Å². The molecule has 0 unspecified atom stereocenters. The molecule has 152 valence electrons. The minimum Gasteiger partial charge on any atom is -0.504 e. The molecule has 3 aromatic carbocycles. The van der Waals surface area contributed by atoms with Crippen molar-refractivity contribution in [1.29, 1.82) is 0 Å². The lowest BCUT2D eigenvalue weighted by Gasteiger charge is -2.11. The molecular formula is C24H23N3O3. The number of para-hydroxylation sites is 1. The Bertz CT molecular complexity index is 1190. The summed E-state index contributed by atoms with van der Waals surface area (Å²) in [6.07, 6.45) is 1.61. The highest BCUT2D eigenvalue weighted by atomic mass is 16.5. The van der Waals surface area contributed by atoms with Gasteiger partial charge in [-0.05, 0) is 61.5 Å². The zero-order valence-electron chi connectivity index (χ0n) is 17.2. The van der Waals surface area contributed by atoms with Crippen LogP contribution >= 0.6 is 0 Å². The Hall–Kier alpha value is -3.80. The molecule has 1 aromatic heterocycles. The van der Waals surface area contributed by atoms with Crippen LogP contribution in [0.15, 0.2) is 70.1 Å². The van der Waals surface area contributed by atoms with Crippen LogP contribution in [0.2, 0.25) is 0 Å². The van der Waals surface area contributed by atoms with Gasteiger partial charge >= 0.3 is 0 Å². The summed E-state index contributed by atoms with van der Waals surface area (Å²) < 4.78 is 11.3. The van der Waals surface area contributed by atoms with Crippen LogP contribution in [0.3, 0.4) is 0 Å². The average molecular weight is 401 g/mol. The van der Waals surface area contributed by atoms with Crippen molar-refractivity contribution in [3.8, 4) is 23.0 Å². The minimum atomic E-state index is 0.0778. The van der Waals surface area contributed by atoms with Crippen molar-refractivity contribution < 1.29 is 14.3 Å².